The first kappa shape index (κ1) is 17.9. The minimum atomic E-state index is -0.120. The Bertz CT molecular complexity index is 939. The van der Waals surface area contributed by atoms with Crippen LogP contribution < -0.4 is 15.8 Å². The number of benzene rings is 1. The second-order valence-electron chi connectivity index (χ2n) is 5.77. The maximum Gasteiger partial charge on any atom is 0.254 e. The summed E-state index contributed by atoms with van der Waals surface area (Å²) in [4.78, 5) is 20.6. The highest BCUT2D eigenvalue weighted by molar-refractivity contribution is 6.30. The van der Waals surface area contributed by atoms with Gasteiger partial charge in [-0.05, 0) is 38.1 Å². The normalized spacial score (nSPS) is 10.9. The SMILES string of the molecule is Cc1nc2nc(N)nn2c(C)c1CC(=O)NCCOc1ccc(Cl)cc1. The number of fused-ring (bicyclic) bond motifs is 1. The summed E-state index contributed by atoms with van der Waals surface area (Å²) in [6, 6.07) is 7.06. The number of aromatic nitrogens is 4. The molecule has 0 fully saturated rings. The molecule has 2 aromatic heterocycles. The molecule has 0 spiro atoms. The highest BCUT2D eigenvalue weighted by atomic mass is 35.5. The number of rotatable bonds is 6. The lowest BCUT2D eigenvalue weighted by Gasteiger charge is -2.11. The van der Waals surface area contributed by atoms with E-state index in [4.69, 9.17) is 22.1 Å². The van der Waals surface area contributed by atoms with Crippen LogP contribution >= 0.6 is 11.6 Å². The number of carbonyl (C=O) groups is 1. The van der Waals surface area contributed by atoms with Gasteiger partial charge in [-0.1, -0.05) is 11.6 Å². The monoisotopic (exact) mass is 374 g/mol. The summed E-state index contributed by atoms with van der Waals surface area (Å²) in [6.07, 6.45) is 0.196. The summed E-state index contributed by atoms with van der Waals surface area (Å²) in [6.45, 7) is 4.46. The molecule has 0 radical (unpaired) electrons. The predicted molar refractivity (Wildman–Crippen MR) is 98.3 cm³/mol. The summed E-state index contributed by atoms with van der Waals surface area (Å²) < 4.78 is 7.10. The lowest BCUT2D eigenvalue weighted by molar-refractivity contribution is -0.120. The maximum atomic E-state index is 12.2. The summed E-state index contributed by atoms with van der Waals surface area (Å²) in [5.41, 5.74) is 7.95. The van der Waals surface area contributed by atoms with E-state index in [2.05, 4.69) is 20.4 Å². The Morgan fingerprint density at radius 1 is 1.27 bits per heavy atom. The van der Waals surface area contributed by atoms with E-state index in [0.29, 0.717) is 29.7 Å². The number of amides is 1. The third kappa shape index (κ3) is 4.02. The Hall–Kier alpha value is -2.87. The van der Waals surface area contributed by atoms with Crippen molar-refractivity contribution in [2.75, 3.05) is 18.9 Å². The lowest BCUT2D eigenvalue weighted by Crippen LogP contribution is -2.30. The van der Waals surface area contributed by atoms with Gasteiger partial charge in [-0.2, -0.15) is 9.50 Å². The van der Waals surface area contributed by atoms with Crippen molar-refractivity contribution < 1.29 is 9.53 Å². The first-order valence-electron chi connectivity index (χ1n) is 8.07. The average molecular weight is 375 g/mol. The molecule has 3 aromatic rings. The molecule has 0 aliphatic rings. The van der Waals surface area contributed by atoms with Crippen LogP contribution in [0.3, 0.4) is 0 Å². The van der Waals surface area contributed by atoms with E-state index in [9.17, 15) is 4.79 Å². The van der Waals surface area contributed by atoms with E-state index in [-0.39, 0.29) is 18.3 Å². The van der Waals surface area contributed by atoms with Crippen LogP contribution in [0.2, 0.25) is 5.02 Å². The van der Waals surface area contributed by atoms with Gasteiger partial charge in [0.15, 0.2) is 0 Å². The van der Waals surface area contributed by atoms with Gasteiger partial charge in [-0.25, -0.2) is 4.98 Å². The Labute approximate surface area is 155 Å². The van der Waals surface area contributed by atoms with Gasteiger partial charge in [-0.15, -0.1) is 5.10 Å². The molecule has 3 rings (SSSR count). The molecule has 0 unspecified atom stereocenters. The largest absolute Gasteiger partial charge is 0.492 e. The molecule has 0 saturated carbocycles. The van der Waals surface area contributed by atoms with Gasteiger partial charge in [0.1, 0.15) is 12.4 Å². The molecule has 2 heterocycles. The van der Waals surface area contributed by atoms with Crippen molar-refractivity contribution in [3.8, 4) is 5.75 Å². The summed E-state index contributed by atoms with van der Waals surface area (Å²) in [7, 11) is 0. The first-order valence-corrected chi connectivity index (χ1v) is 8.45. The first-order chi connectivity index (χ1) is 12.4. The highest BCUT2D eigenvalue weighted by Crippen LogP contribution is 2.16. The van der Waals surface area contributed by atoms with E-state index in [1.807, 2.05) is 13.8 Å². The Balaban J connectivity index is 1.56. The number of hydrogen-bond donors (Lipinski definition) is 2. The van der Waals surface area contributed by atoms with Gasteiger partial charge < -0.3 is 15.8 Å². The molecular formula is C17H19ClN6O2. The number of hydrogen-bond acceptors (Lipinski definition) is 6. The molecule has 1 amide bonds. The Morgan fingerprint density at radius 2 is 2.00 bits per heavy atom. The Morgan fingerprint density at radius 3 is 2.73 bits per heavy atom. The summed E-state index contributed by atoms with van der Waals surface area (Å²) in [5.74, 6) is 1.16. The zero-order chi connectivity index (χ0) is 18.7. The molecule has 0 aliphatic carbocycles. The number of carbonyl (C=O) groups excluding carboxylic acids is 1. The summed E-state index contributed by atoms with van der Waals surface area (Å²) in [5, 5.41) is 7.58. The smallest absolute Gasteiger partial charge is 0.254 e. The number of aryl methyl sites for hydroxylation is 2. The van der Waals surface area contributed by atoms with Gasteiger partial charge in [0.05, 0.1) is 13.0 Å². The van der Waals surface area contributed by atoms with E-state index in [1.54, 1.807) is 28.8 Å². The topological polar surface area (TPSA) is 107 Å². The zero-order valence-corrected chi connectivity index (χ0v) is 15.2. The van der Waals surface area contributed by atoms with Crippen LogP contribution in [0, 0.1) is 13.8 Å². The van der Waals surface area contributed by atoms with E-state index < -0.39 is 0 Å². The molecule has 26 heavy (non-hydrogen) atoms. The third-order valence-corrected chi connectivity index (χ3v) is 4.16. The number of nitrogens with zero attached hydrogens (tertiary/aromatic N) is 4. The minimum absolute atomic E-state index is 0.120. The fourth-order valence-corrected chi connectivity index (χ4v) is 2.72. The zero-order valence-electron chi connectivity index (χ0n) is 14.5. The van der Waals surface area contributed by atoms with Crippen LogP contribution in [0.5, 0.6) is 5.75 Å². The number of ether oxygens (including phenoxy) is 1. The molecule has 0 atom stereocenters. The van der Waals surface area contributed by atoms with Crippen molar-refractivity contribution in [3.05, 3.63) is 46.2 Å². The predicted octanol–water partition coefficient (Wildman–Crippen LogP) is 1.71. The number of nitrogens with two attached hydrogens (primary N) is 1. The fraction of sp³-hybridized carbons (Fsp3) is 0.294. The van der Waals surface area contributed by atoms with Crippen LogP contribution in [0.4, 0.5) is 5.95 Å². The van der Waals surface area contributed by atoms with Crippen molar-refractivity contribution in [1.82, 2.24) is 24.9 Å². The van der Waals surface area contributed by atoms with Crippen molar-refractivity contribution in [1.29, 1.82) is 0 Å². The van der Waals surface area contributed by atoms with Crippen molar-refractivity contribution in [2.24, 2.45) is 0 Å². The number of nitrogens with one attached hydrogen (secondary N) is 1. The van der Waals surface area contributed by atoms with E-state index in [0.717, 1.165) is 17.0 Å². The average Bonchev–Trinajstić information content (AvgIpc) is 2.97. The maximum absolute atomic E-state index is 12.2. The number of nitrogen functional groups attached to an aromatic ring is 1. The van der Waals surface area contributed by atoms with Gasteiger partial charge >= 0.3 is 0 Å². The van der Waals surface area contributed by atoms with Crippen molar-refractivity contribution in [2.45, 2.75) is 20.3 Å². The highest BCUT2D eigenvalue weighted by Gasteiger charge is 2.15. The van der Waals surface area contributed by atoms with Gasteiger partial charge in [0.2, 0.25) is 11.9 Å². The van der Waals surface area contributed by atoms with Crippen LogP contribution in [-0.2, 0) is 11.2 Å². The molecule has 0 bridgehead atoms. The molecular weight excluding hydrogens is 356 g/mol. The van der Waals surface area contributed by atoms with E-state index in [1.165, 1.54) is 0 Å². The molecule has 0 saturated heterocycles. The Kier molecular flexibility index (Phi) is 5.22. The molecule has 136 valence electrons. The van der Waals surface area contributed by atoms with Gasteiger partial charge in [-0.3, -0.25) is 4.79 Å². The van der Waals surface area contributed by atoms with Crippen molar-refractivity contribution >= 4 is 29.2 Å². The molecule has 8 nitrogen and oxygen atoms in total. The van der Waals surface area contributed by atoms with E-state index >= 15 is 0 Å². The van der Waals surface area contributed by atoms with Crippen LogP contribution in [0.1, 0.15) is 17.0 Å². The quantitative estimate of drug-likeness (QED) is 0.636. The van der Waals surface area contributed by atoms with Crippen LogP contribution in [0.15, 0.2) is 24.3 Å². The molecule has 0 aliphatic heterocycles. The second-order valence-corrected chi connectivity index (χ2v) is 6.21. The minimum Gasteiger partial charge on any atom is -0.492 e. The van der Waals surface area contributed by atoms with Crippen LogP contribution in [-0.4, -0.2) is 38.6 Å². The van der Waals surface area contributed by atoms with Gasteiger partial charge in [0, 0.05) is 22.0 Å². The van der Waals surface area contributed by atoms with Gasteiger partial charge in [0.25, 0.3) is 5.78 Å². The molecule has 3 N–H and O–H groups in total. The lowest BCUT2D eigenvalue weighted by atomic mass is 10.1. The number of anilines is 1. The summed E-state index contributed by atoms with van der Waals surface area (Å²) >= 11 is 5.82. The molecule has 9 heteroatoms. The van der Waals surface area contributed by atoms with Crippen LogP contribution in [0.25, 0.3) is 5.78 Å². The second kappa shape index (κ2) is 7.57. The number of halogens is 1. The standard InChI is InChI=1S/C17H19ClN6O2/c1-10-14(11(2)24-17(21-10)22-16(19)23-24)9-15(25)20-7-8-26-13-5-3-12(18)4-6-13/h3-6H,7-9H2,1-2H3,(H2,19,23)(H,20,25). The van der Waals surface area contributed by atoms with Crippen molar-refractivity contribution in [3.63, 3.8) is 0 Å². The molecule has 1 aromatic carbocycles. The fourth-order valence-electron chi connectivity index (χ4n) is 2.59. The third-order valence-electron chi connectivity index (χ3n) is 3.91.